The van der Waals surface area contributed by atoms with Crippen molar-refractivity contribution in [3.05, 3.63) is 58.1 Å². The smallest absolute Gasteiger partial charge is 0.269 e. The number of epoxide rings is 2. The zero-order chi connectivity index (χ0) is 17.9. The van der Waals surface area contributed by atoms with E-state index >= 15 is 0 Å². The molecule has 0 saturated carbocycles. The Morgan fingerprint density at radius 2 is 1.74 bits per heavy atom. The van der Waals surface area contributed by atoms with Crippen LogP contribution in [-0.4, -0.2) is 41.1 Å². The number of Topliss-reactive ketones (excluding diaryl/α,β-unsaturated/α-hetero) is 2. The molecule has 27 heavy (non-hydrogen) atoms. The van der Waals surface area contributed by atoms with E-state index in [0.29, 0.717) is 28.0 Å². The third-order valence-corrected chi connectivity index (χ3v) is 6.69. The average Bonchev–Trinajstić information content (AvgIpc) is 3.56. The summed E-state index contributed by atoms with van der Waals surface area (Å²) in [5.74, 6) is -1.24. The van der Waals surface area contributed by atoms with E-state index in [1.807, 2.05) is 0 Å². The molecule has 8 rings (SSSR count). The predicted octanol–water partition coefficient (Wildman–Crippen LogP) is 1.14. The van der Waals surface area contributed by atoms with Crippen LogP contribution in [0.3, 0.4) is 0 Å². The van der Waals surface area contributed by atoms with Gasteiger partial charge in [-0.25, -0.2) is 0 Å². The van der Waals surface area contributed by atoms with Crippen LogP contribution >= 0.6 is 0 Å². The number of ketones is 2. The summed E-state index contributed by atoms with van der Waals surface area (Å²) in [4.78, 5) is 25.5. The Morgan fingerprint density at radius 1 is 0.926 bits per heavy atom. The van der Waals surface area contributed by atoms with Gasteiger partial charge in [0.1, 0.15) is 17.6 Å². The first kappa shape index (κ1) is 13.4. The summed E-state index contributed by atoms with van der Waals surface area (Å²) in [6, 6.07) is 8.56. The van der Waals surface area contributed by atoms with Crippen LogP contribution in [0.25, 0.3) is 0 Å². The van der Waals surface area contributed by atoms with Gasteiger partial charge in [0.05, 0.1) is 5.56 Å². The van der Waals surface area contributed by atoms with Crippen LogP contribution in [0.1, 0.15) is 37.4 Å². The van der Waals surface area contributed by atoms with E-state index in [1.165, 1.54) is 6.07 Å². The number of hydrogen-bond acceptors (Lipinski definition) is 7. The lowest BCUT2D eigenvalue weighted by Gasteiger charge is -2.43. The van der Waals surface area contributed by atoms with E-state index in [0.717, 1.165) is 0 Å². The number of fused-ring (bicyclic) bond motifs is 2. The Balaban J connectivity index is 1.58. The molecule has 2 aliphatic carbocycles. The van der Waals surface area contributed by atoms with E-state index in [2.05, 4.69) is 0 Å². The zero-order valence-corrected chi connectivity index (χ0v) is 13.6. The summed E-state index contributed by atoms with van der Waals surface area (Å²) < 4.78 is 24.3. The van der Waals surface area contributed by atoms with Gasteiger partial charge in [-0.1, -0.05) is 18.2 Å². The second-order valence-corrected chi connectivity index (χ2v) is 7.85. The monoisotopic (exact) mass is 362 g/mol. The molecule has 4 heterocycles. The van der Waals surface area contributed by atoms with Crippen molar-refractivity contribution in [2.24, 2.45) is 0 Å². The fourth-order valence-corrected chi connectivity index (χ4v) is 5.61. The molecule has 2 saturated heterocycles. The topological polar surface area (TPSA) is 97.9 Å². The molecule has 6 atom stereocenters. The van der Waals surface area contributed by atoms with Gasteiger partial charge < -0.3 is 24.1 Å². The molecular formula is C20H10O7. The molecular weight excluding hydrogens is 352 g/mol. The molecule has 0 amide bonds. The minimum Gasteiger partial charge on any atom is -0.507 e. The molecule has 6 aliphatic rings. The number of carbonyl (C=O) groups is 2. The van der Waals surface area contributed by atoms with Gasteiger partial charge in [-0.05, 0) is 12.1 Å². The third-order valence-electron chi connectivity index (χ3n) is 6.69. The summed E-state index contributed by atoms with van der Waals surface area (Å²) in [7, 11) is 0. The van der Waals surface area contributed by atoms with E-state index < -0.39 is 35.8 Å². The van der Waals surface area contributed by atoms with E-state index in [-0.39, 0.29) is 22.9 Å². The fourth-order valence-electron chi connectivity index (χ4n) is 5.61. The number of aromatic hydroxyl groups is 1. The summed E-state index contributed by atoms with van der Waals surface area (Å²) in [6.07, 6.45) is -2.33. The van der Waals surface area contributed by atoms with E-state index in [9.17, 15) is 14.7 Å². The van der Waals surface area contributed by atoms with Crippen LogP contribution in [-0.2, 0) is 25.6 Å². The molecule has 2 aromatic rings. The maximum absolute atomic E-state index is 12.8. The molecule has 7 nitrogen and oxygen atoms in total. The second kappa shape index (κ2) is 3.52. The molecule has 0 radical (unpaired) electrons. The van der Waals surface area contributed by atoms with Crippen LogP contribution in [0.15, 0.2) is 30.3 Å². The molecule has 2 bridgehead atoms. The molecule has 132 valence electrons. The molecule has 2 fully saturated rings. The first-order valence-electron chi connectivity index (χ1n) is 8.87. The number of benzene rings is 2. The van der Waals surface area contributed by atoms with Crippen molar-refractivity contribution in [1.29, 1.82) is 0 Å². The minimum atomic E-state index is -1.31. The van der Waals surface area contributed by atoms with E-state index in [4.69, 9.17) is 18.9 Å². The first-order valence-corrected chi connectivity index (χ1v) is 8.87. The molecule has 1 N–H and O–H groups in total. The van der Waals surface area contributed by atoms with Crippen LogP contribution in [0.2, 0.25) is 0 Å². The second-order valence-electron chi connectivity index (χ2n) is 7.85. The number of phenolic OH excluding ortho intramolecular Hbond substituents is 1. The highest BCUT2D eigenvalue weighted by molar-refractivity contribution is 6.09. The van der Waals surface area contributed by atoms with Gasteiger partial charge in [0.15, 0.2) is 35.5 Å². The van der Waals surface area contributed by atoms with Crippen LogP contribution in [0.5, 0.6) is 11.5 Å². The van der Waals surface area contributed by atoms with Gasteiger partial charge in [-0.2, -0.15) is 0 Å². The lowest BCUT2D eigenvalue weighted by molar-refractivity contribution is -0.262. The Morgan fingerprint density at radius 3 is 2.63 bits per heavy atom. The maximum atomic E-state index is 12.8. The highest BCUT2D eigenvalue weighted by atomic mass is 16.8. The number of ether oxygens (including phenoxy) is 4. The number of hydrogen-bond donors (Lipinski definition) is 1. The highest BCUT2D eigenvalue weighted by Crippen LogP contribution is 2.70. The van der Waals surface area contributed by atoms with Crippen molar-refractivity contribution in [3.63, 3.8) is 0 Å². The van der Waals surface area contributed by atoms with Crippen molar-refractivity contribution in [2.45, 2.75) is 35.8 Å². The van der Waals surface area contributed by atoms with Crippen molar-refractivity contribution in [1.82, 2.24) is 0 Å². The molecule has 0 aromatic heterocycles. The van der Waals surface area contributed by atoms with Gasteiger partial charge in [-0.15, -0.1) is 0 Å². The Labute approximate surface area is 151 Å². The Kier molecular flexibility index (Phi) is 1.75. The number of rotatable bonds is 0. The maximum Gasteiger partial charge on any atom is 0.269 e. The van der Waals surface area contributed by atoms with Crippen LogP contribution in [0.4, 0.5) is 0 Å². The molecule has 2 aromatic carbocycles. The standard InChI is InChI=1S/C20H10O7/c21-8-5-4-7-12-10(8)14(23)16-18(25-16)20(12)26-9-3-1-2-6-11(9)19(7,27-20)17-15(24-17)13(6)22/h1-5,15-18,21H/t15?,16?,17-,18-,19+,20+/m1/s1. The van der Waals surface area contributed by atoms with Crippen molar-refractivity contribution in [3.8, 4) is 11.5 Å². The average molecular weight is 362 g/mol. The Bertz CT molecular complexity index is 1190. The molecule has 2 spiro atoms. The highest BCUT2D eigenvalue weighted by Gasteiger charge is 2.81. The summed E-state index contributed by atoms with van der Waals surface area (Å²) in [6.45, 7) is 0. The Hall–Kier alpha value is -2.74. The lowest BCUT2D eigenvalue weighted by atomic mass is 9.73. The summed E-state index contributed by atoms with van der Waals surface area (Å²) in [5, 5.41) is 10.4. The van der Waals surface area contributed by atoms with Crippen molar-refractivity contribution >= 4 is 11.6 Å². The van der Waals surface area contributed by atoms with Crippen LogP contribution < -0.4 is 4.74 Å². The molecule has 2 unspecified atom stereocenters. The van der Waals surface area contributed by atoms with Crippen molar-refractivity contribution in [2.75, 3.05) is 0 Å². The van der Waals surface area contributed by atoms with Gasteiger partial charge in [0.25, 0.3) is 5.79 Å². The SMILES string of the molecule is O=C1c2c(O)ccc3c2[C@@]2(Oc4cccc5c4[C@]3(O2)[C@@H]2OC2C5=O)[C@@H]2OC12. The molecule has 4 aliphatic heterocycles. The first-order chi connectivity index (χ1) is 13.1. The summed E-state index contributed by atoms with van der Waals surface area (Å²) in [5.41, 5.74) is 1.53. The summed E-state index contributed by atoms with van der Waals surface area (Å²) >= 11 is 0. The van der Waals surface area contributed by atoms with Gasteiger partial charge >= 0.3 is 0 Å². The van der Waals surface area contributed by atoms with Gasteiger partial charge in [-0.3, -0.25) is 9.59 Å². The minimum absolute atomic E-state index is 0.0823. The van der Waals surface area contributed by atoms with E-state index in [1.54, 1.807) is 24.3 Å². The van der Waals surface area contributed by atoms with Gasteiger partial charge in [0.2, 0.25) is 0 Å². The number of carbonyl (C=O) groups excluding carboxylic acids is 2. The van der Waals surface area contributed by atoms with Gasteiger partial charge in [0, 0.05) is 22.3 Å². The normalized spacial score (nSPS) is 42.5. The van der Waals surface area contributed by atoms with Crippen molar-refractivity contribution < 1.29 is 33.6 Å². The predicted molar refractivity (Wildman–Crippen MR) is 84.7 cm³/mol. The quantitative estimate of drug-likeness (QED) is 0.702. The van der Waals surface area contributed by atoms with Crippen LogP contribution in [0, 0.1) is 0 Å². The number of phenols is 1. The zero-order valence-electron chi connectivity index (χ0n) is 13.6. The lowest BCUT2D eigenvalue weighted by Crippen LogP contribution is -2.53. The third kappa shape index (κ3) is 1.11. The molecule has 7 heteroatoms. The largest absolute Gasteiger partial charge is 0.507 e. The fraction of sp³-hybridized carbons (Fsp3) is 0.300.